The molecule has 0 saturated carbocycles. The van der Waals surface area contributed by atoms with Gasteiger partial charge in [-0.2, -0.15) is 0 Å². The normalized spacial score (nSPS) is 17.9. The lowest BCUT2D eigenvalue weighted by Gasteiger charge is -2.26. The van der Waals surface area contributed by atoms with Crippen LogP contribution in [0, 0.1) is 13.8 Å². The van der Waals surface area contributed by atoms with E-state index in [9.17, 15) is 8.42 Å². The van der Waals surface area contributed by atoms with Gasteiger partial charge in [-0.05, 0) is 49.9 Å². The molecule has 1 aromatic carbocycles. The van der Waals surface area contributed by atoms with E-state index in [4.69, 9.17) is 10.6 Å². The van der Waals surface area contributed by atoms with Gasteiger partial charge in [0.2, 0.25) is 0 Å². The Hall–Kier alpha value is -1.11. The zero-order valence-electron chi connectivity index (χ0n) is 10.6. The molecule has 1 saturated heterocycles. The molecule has 1 heterocycles. The number of hydrogen-bond acceptors (Lipinski definition) is 4. The van der Waals surface area contributed by atoms with Crippen LogP contribution in [0.4, 0.5) is 5.69 Å². The summed E-state index contributed by atoms with van der Waals surface area (Å²) in [6, 6.07) is 3.30. The Labute approximate surface area is 108 Å². The molecular weight excluding hydrogens is 252 g/mol. The number of nitrogens with two attached hydrogens (primary N) is 1. The fraction of sp³-hybridized carbons (Fsp3) is 0.500. The fourth-order valence-electron chi connectivity index (χ4n) is 1.91. The number of benzene rings is 1. The molecule has 18 heavy (non-hydrogen) atoms. The maximum atomic E-state index is 12.4. The lowest BCUT2D eigenvalue weighted by Crippen LogP contribution is -2.36. The van der Waals surface area contributed by atoms with Crippen molar-refractivity contribution < 1.29 is 13.3 Å². The minimum Gasteiger partial charge on any atom is -0.398 e. The van der Waals surface area contributed by atoms with E-state index in [1.165, 1.54) is 0 Å². The molecule has 1 aliphatic rings. The van der Waals surface area contributed by atoms with Crippen molar-refractivity contribution in [2.24, 2.45) is 0 Å². The molecular formula is C12H18N2O3S. The molecule has 0 unspecified atom stereocenters. The van der Waals surface area contributed by atoms with E-state index in [-0.39, 0.29) is 10.6 Å². The monoisotopic (exact) mass is 270 g/mol. The first-order valence-corrected chi connectivity index (χ1v) is 7.39. The van der Waals surface area contributed by atoms with Gasteiger partial charge in [-0.15, -0.1) is 0 Å². The second kappa shape index (κ2) is 4.87. The highest BCUT2D eigenvalue weighted by atomic mass is 32.2. The molecule has 0 bridgehead atoms. The average Bonchev–Trinajstić information content (AvgIpc) is 2.34. The highest BCUT2D eigenvalue weighted by molar-refractivity contribution is 7.89. The molecule has 2 N–H and O–H groups in total. The predicted octanol–water partition coefficient (Wildman–Crippen LogP) is 1.60. The highest BCUT2D eigenvalue weighted by Crippen LogP contribution is 2.27. The Morgan fingerprint density at radius 2 is 1.89 bits per heavy atom. The maximum Gasteiger partial charge on any atom is 0.267 e. The van der Waals surface area contributed by atoms with Crippen LogP contribution in [0.25, 0.3) is 0 Å². The summed E-state index contributed by atoms with van der Waals surface area (Å²) in [5, 5.41) is 0. The third kappa shape index (κ3) is 2.36. The van der Waals surface area contributed by atoms with Crippen LogP contribution in [-0.2, 0) is 14.9 Å². The second-order valence-electron chi connectivity index (χ2n) is 4.55. The summed E-state index contributed by atoms with van der Waals surface area (Å²) in [4.78, 5) is 5.34. The van der Waals surface area contributed by atoms with Crippen LogP contribution in [0.2, 0.25) is 0 Å². The minimum absolute atomic E-state index is 0.132. The number of anilines is 1. The number of nitrogens with zero attached hydrogens (tertiary/aromatic N) is 1. The topological polar surface area (TPSA) is 72.6 Å². The van der Waals surface area contributed by atoms with E-state index in [1.807, 2.05) is 13.8 Å². The van der Waals surface area contributed by atoms with Crippen LogP contribution in [0.3, 0.4) is 0 Å². The van der Waals surface area contributed by atoms with Gasteiger partial charge in [0, 0.05) is 6.54 Å². The van der Waals surface area contributed by atoms with Gasteiger partial charge in [0.1, 0.15) is 4.90 Å². The minimum atomic E-state index is -3.65. The van der Waals surface area contributed by atoms with Gasteiger partial charge in [0.05, 0.1) is 12.3 Å². The summed E-state index contributed by atoms with van der Waals surface area (Å²) in [5.74, 6) is 0. The van der Waals surface area contributed by atoms with E-state index in [0.29, 0.717) is 13.2 Å². The molecule has 5 nitrogen and oxygen atoms in total. The molecule has 0 spiro atoms. The second-order valence-corrected chi connectivity index (χ2v) is 6.34. The molecule has 2 rings (SSSR count). The standard InChI is InChI=1S/C12H18N2O3S/c1-9-7-11(13)12(8-10(9)2)18(15,16)14-5-3-4-6-17-14/h7-8H,3-6,13H2,1-2H3. The summed E-state index contributed by atoms with van der Waals surface area (Å²) in [7, 11) is -3.65. The van der Waals surface area contributed by atoms with Gasteiger partial charge in [-0.1, -0.05) is 4.47 Å². The van der Waals surface area contributed by atoms with Crippen LogP contribution in [0.5, 0.6) is 0 Å². The van der Waals surface area contributed by atoms with Gasteiger partial charge >= 0.3 is 0 Å². The van der Waals surface area contributed by atoms with Crippen LogP contribution >= 0.6 is 0 Å². The summed E-state index contributed by atoms with van der Waals surface area (Å²) in [6.45, 7) is 4.59. The van der Waals surface area contributed by atoms with Gasteiger partial charge in [0.25, 0.3) is 10.0 Å². The SMILES string of the molecule is Cc1cc(N)c(S(=O)(=O)N2CCCCO2)cc1C. The fourth-order valence-corrected chi connectivity index (χ4v) is 3.39. The van der Waals surface area contributed by atoms with Crippen molar-refractivity contribution in [1.29, 1.82) is 0 Å². The van der Waals surface area contributed by atoms with E-state index in [2.05, 4.69) is 0 Å². The van der Waals surface area contributed by atoms with Crippen LogP contribution in [0.1, 0.15) is 24.0 Å². The highest BCUT2D eigenvalue weighted by Gasteiger charge is 2.29. The molecule has 0 aromatic heterocycles. The molecule has 6 heteroatoms. The van der Waals surface area contributed by atoms with Crippen LogP contribution < -0.4 is 5.73 Å². The summed E-state index contributed by atoms with van der Waals surface area (Å²) >= 11 is 0. The molecule has 0 aliphatic carbocycles. The van der Waals surface area contributed by atoms with Crippen LogP contribution in [-0.4, -0.2) is 26.0 Å². The van der Waals surface area contributed by atoms with E-state index < -0.39 is 10.0 Å². The first-order valence-electron chi connectivity index (χ1n) is 5.95. The summed E-state index contributed by atoms with van der Waals surface area (Å²) < 4.78 is 25.8. The van der Waals surface area contributed by atoms with E-state index in [0.717, 1.165) is 28.4 Å². The lowest BCUT2D eigenvalue weighted by molar-refractivity contribution is -0.108. The van der Waals surface area contributed by atoms with Gasteiger partial charge in [0.15, 0.2) is 0 Å². The number of aryl methyl sites for hydroxylation is 2. The van der Waals surface area contributed by atoms with E-state index >= 15 is 0 Å². The zero-order valence-corrected chi connectivity index (χ0v) is 11.5. The molecule has 100 valence electrons. The van der Waals surface area contributed by atoms with Crippen molar-refractivity contribution in [3.05, 3.63) is 23.3 Å². The Balaban J connectivity index is 2.43. The predicted molar refractivity (Wildman–Crippen MR) is 69.4 cm³/mol. The Morgan fingerprint density at radius 3 is 2.50 bits per heavy atom. The Kier molecular flexibility index (Phi) is 3.61. The molecule has 0 radical (unpaired) electrons. The molecule has 0 amide bonds. The quantitative estimate of drug-likeness (QED) is 0.828. The maximum absolute atomic E-state index is 12.4. The van der Waals surface area contributed by atoms with Crippen molar-refractivity contribution in [3.63, 3.8) is 0 Å². The smallest absolute Gasteiger partial charge is 0.267 e. The molecule has 0 atom stereocenters. The summed E-state index contributed by atoms with van der Waals surface area (Å²) in [5.41, 5.74) is 7.97. The Morgan fingerprint density at radius 1 is 1.22 bits per heavy atom. The van der Waals surface area contributed by atoms with E-state index in [1.54, 1.807) is 12.1 Å². The molecule has 1 aliphatic heterocycles. The van der Waals surface area contributed by atoms with Crippen LogP contribution in [0.15, 0.2) is 17.0 Å². The first kappa shape index (κ1) is 13.3. The number of hydrogen-bond donors (Lipinski definition) is 1. The van der Waals surface area contributed by atoms with Gasteiger partial charge < -0.3 is 5.73 Å². The third-order valence-corrected chi connectivity index (χ3v) is 4.88. The lowest BCUT2D eigenvalue weighted by atomic mass is 10.1. The van der Waals surface area contributed by atoms with Crippen molar-refractivity contribution >= 4 is 15.7 Å². The largest absolute Gasteiger partial charge is 0.398 e. The molecule has 1 fully saturated rings. The van der Waals surface area contributed by atoms with Crippen molar-refractivity contribution in [1.82, 2.24) is 4.47 Å². The van der Waals surface area contributed by atoms with Crippen molar-refractivity contribution in [2.75, 3.05) is 18.9 Å². The number of nitrogen functional groups attached to an aromatic ring is 1. The zero-order chi connectivity index (χ0) is 13.3. The number of rotatable bonds is 2. The van der Waals surface area contributed by atoms with Crippen molar-refractivity contribution in [2.45, 2.75) is 31.6 Å². The van der Waals surface area contributed by atoms with Crippen molar-refractivity contribution in [3.8, 4) is 0 Å². The summed E-state index contributed by atoms with van der Waals surface area (Å²) in [6.07, 6.45) is 1.69. The van der Waals surface area contributed by atoms with Gasteiger partial charge in [-0.25, -0.2) is 8.42 Å². The number of hydroxylamine groups is 1. The first-order chi connectivity index (χ1) is 8.43. The molecule has 1 aromatic rings. The Bertz CT molecular complexity index is 549. The third-order valence-electron chi connectivity index (χ3n) is 3.14. The van der Waals surface area contributed by atoms with Gasteiger partial charge in [-0.3, -0.25) is 4.84 Å². The average molecular weight is 270 g/mol. The number of sulfonamides is 1.